The zero-order chi connectivity index (χ0) is 34.9. The van der Waals surface area contributed by atoms with Crippen LogP contribution in [-0.2, 0) is 31.6 Å². The van der Waals surface area contributed by atoms with E-state index >= 15 is 0 Å². The fraction of sp³-hybridized carbons (Fsp3) is 0.273. The summed E-state index contributed by atoms with van der Waals surface area (Å²) in [6.45, 7) is -1.59. The number of aliphatic hydroxyl groups is 2. The summed E-state index contributed by atoms with van der Waals surface area (Å²) in [4.78, 5) is 87.2. The number of hydrogen-bond acceptors (Lipinski definition) is 15. The summed E-state index contributed by atoms with van der Waals surface area (Å²) in [5.74, 6) is 3.72. The van der Waals surface area contributed by atoms with Gasteiger partial charge < -0.3 is 49.4 Å². The molecule has 1 amide bonds. The molecule has 1 aliphatic rings. The third-order valence-electron chi connectivity index (χ3n) is 5.92. The Balaban J connectivity index is 1.43. The van der Waals surface area contributed by atoms with Gasteiger partial charge in [0.05, 0.1) is 13.2 Å². The monoisotopic (exact) mass is 725 g/mol. The predicted octanol–water partition coefficient (Wildman–Crippen LogP) is -1.91. The second-order valence-corrected chi connectivity index (χ2v) is 13.7. The molecule has 1 fully saturated rings. The summed E-state index contributed by atoms with van der Waals surface area (Å²) in [6, 6.07) is 5.13. The van der Waals surface area contributed by atoms with Crippen LogP contribution in [0.5, 0.6) is 5.75 Å². The van der Waals surface area contributed by atoms with Crippen molar-refractivity contribution in [2.45, 2.75) is 24.5 Å². The molecule has 2 unspecified atom stereocenters. The molecule has 0 bridgehead atoms. The summed E-state index contributed by atoms with van der Waals surface area (Å²) in [7, 11) is -17.1. The van der Waals surface area contributed by atoms with E-state index < -0.39 is 89.5 Å². The molecule has 1 aromatic carbocycles. The normalized spacial score (nSPS) is 22.2. The number of fused-ring (bicyclic) bond motifs is 1. The van der Waals surface area contributed by atoms with Gasteiger partial charge in [0.2, 0.25) is 0 Å². The van der Waals surface area contributed by atoms with Crippen molar-refractivity contribution in [1.82, 2.24) is 14.9 Å². The molecule has 25 heteroatoms. The van der Waals surface area contributed by atoms with Crippen molar-refractivity contribution < 1.29 is 75.7 Å². The number of nitrogens with one attached hydrogen (secondary N) is 2. The molecule has 3 heterocycles. The molecule has 1 aliphatic heterocycles. The van der Waals surface area contributed by atoms with E-state index in [1.807, 2.05) is 4.98 Å². The molecule has 0 radical (unpaired) electrons. The molecule has 254 valence electrons. The quantitative estimate of drug-likeness (QED) is 0.0625. The number of H-pyrrole nitrogens is 1. The summed E-state index contributed by atoms with van der Waals surface area (Å²) in [5.41, 5.74) is -3.95. The van der Waals surface area contributed by atoms with E-state index in [2.05, 4.69) is 30.3 Å². The number of rotatable bonds is 10. The van der Waals surface area contributed by atoms with Crippen molar-refractivity contribution in [1.29, 1.82) is 0 Å². The number of phosphoric ester groups is 1. The lowest BCUT2D eigenvalue weighted by Gasteiger charge is -2.19. The highest BCUT2D eigenvalue weighted by atomic mass is 31.3. The van der Waals surface area contributed by atoms with Crippen LogP contribution in [0, 0.1) is 11.8 Å². The Morgan fingerprint density at radius 2 is 1.72 bits per heavy atom. The van der Waals surface area contributed by atoms with Crippen molar-refractivity contribution in [3.63, 3.8) is 0 Å². The maximum atomic E-state index is 12.5. The van der Waals surface area contributed by atoms with E-state index in [0.717, 1.165) is 6.20 Å². The molecule has 6 atom stereocenters. The van der Waals surface area contributed by atoms with Gasteiger partial charge in [-0.25, -0.2) is 23.3 Å². The summed E-state index contributed by atoms with van der Waals surface area (Å²) < 4.78 is 56.5. The number of carbonyl (C=O) groups is 1. The van der Waals surface area contributed by atoms with Crippen molar-refractivity contribution in [2.75, 3.05) is 13.2 Å². The van der Waals surface area contributed by atoms with Crippen LogP contribution in [-0.4, -0.2) is 81.8 Å². The number of amides is 1. The number of phenolic OH excluding ortho intramolecular Hbond substituents is 1. The minimum absolute atomic E-state index is 0.0372. The van der Waals surface area contributed by atoms with Crippen molar-refractivity contribution >= 4 is 40.3 Å². The SMILES string of the molecule is O=C(NCC#Cc1cn([C@@H]2O[C@H](COP(=O)(O)OP(=O)(O)OP(=O)(O)O)[C@@H](O)[C@H]2O)c(=O)[nH]c1=O)c1cc2ccc(O)cc2oc1=O. The van der Waals surface area contributed by atoms with Crippen LogP contribution < -0.4 is 22.2 Å². The number of hydrogen-bond donors (Lipinski definition) is 9. The lowest BCUT2D eigenvalue weighted by Crippen LogP contribution is -2.38. The zero-order valence-electron chi connectivity index (χ0n) is 22.9. The first-order valence-corrected chi connectivity index (χ1v) is 17.0. The van der Waals surface area contributed by atoms with Crippen LogP contribution >= 0.6 is 23.5 Å². The van der Waals surface area contributed by atoms with Crippen LogP contribution in [0.4, 0.5) is 0 Å². The number of carbonyl (C=O) groups excluding carboxylic acids is 1. The van der Waals surface area contributed by atoms with Crippen molar-refractivity contribution in [3.05, 3.63) is 72.8 Å². The number of nitrogens with zero attached hydrogens (tertiary/aromatic N) is 1. The van der Waals surface area contributed by atoms with Gasteiger partial charge in [0.25, 0.3) is 11.5 Å². The molecule has 22 nitrogen and oxygen atoms in total. The van der Waals surface area contributed by atoms with Crippen LogP contribution in [0.2, 0.25) is 0 Å². The summed E-state index contributed by atoms with van der Waals surface area (Å²) >= 11 is 0. The molecular formula is C22H22N3O19P3. The third-order valence-corrected chi connectivity index (χ3v) is 9.72. The highest BCUT2D eigenvalue weighted by Crippen LogP contribution is 2.66. The Bertz CT molecular complexity index is 2090. The van der Waals surface area contributed by atoms with Crippen LogP contribution in [0.1, 0.15) is 22.1 Å². The molecule has 0 spiro atoms. The number of aromatic amines is 1. The summed E-state index contributed by atoms with van der Waals surface area (Å²) in [6.07, 6.45) is -6.60. The Morgan fingerprint density at radius 3 is 2.40 bits per heavy atom. The number of aromatic hydroxyl groups is 1. The van der Waals surface area contributed by atoms with Crippen LogP contribution in [0.25, 0.3) is 11.0 Å². The second-order valence-electron chi connectivity index (χ2n) is 9.30. The van der Waals surface area contributed by atoms with Gasteiger partial charge in [0.15, 0.2) is 6.23 Å². The Hall–Kier alpha value is -3.77. The van der Waals surface area contributed by atoms with Gasteiger partial charge in [0, 0.05) is 17.6 Å². The Labute approximate surface area is 259 Å². The summed E-state index contributed by atoms with van der Waals surface area (Å²) in [5, 5.41) is 32.9. The molecular weight excluding hydrogens is 703 g/mol. The van der Waals surface area contributed by atoms with Gasteiger partial charge in [0.1, 0.15) is 40.8 Å². The van der Waals surface area contributed by atoms with E-state index in [4.69, 9.17) is 18.9 Å². The largest absolute Gasteiger partial charge is 0.508 e. The van der Waals surface area contributed by atoms with E-state index in [1.54, 1.807) is 0 Å². The molecule has 1 saturated heterocycles. The number of phosphoric acid groups is 3. The van der Waals surface area contributed by atoms with Gasteiger partial charge in [-0.3, -0.25) is 23.7 Å². The highest BCUT2D eigenvalue weighted by molar-refractivity contribution is 7.66. The van der Waals surface area contributed by atoms with Gasteiger partial charge in [-0.05, 0) is 18.2 Å². The first-order chi connectivity index (χ1) is 21.7. The molecule has 0 aliphatic carbocycles. The van der Waals surface area contributed by atoms with Crippen molar-refractivity contribution in [3.8, 4) is 17.6 Å². The smallest absolute Gasteiger partial charge is 0.490 e. The first kappa shape index (κ1) is 36.1. The maximum absolute atomic E-state index is 12.5. The van der Waals surface area contributed by atoms with Crippen LogP contribution in [0.15, 0.2) is 49.3 Å². The minimum Gasteiger partial charge on any atom is -0.508 e. The van der Waals surface area contributed by atoms with E-state index in [1.165, 1.54) is 24.3 Å². The highest BCUT2D eigenvalue weighted by Gasteiger charge is 2.47. The van der Waals surface area contributed by atoms with Gasteiger partial charge >= 0.3 is 34.8 Å². The lowest BCUT2D eigenvalue weighted by atomic mass is 10.1. The van der Waals surface area contributed by atoms with E-state index in [0.29, 0.717) is 9.95 Å². The standard InChI is InChI=1S/C22H22N3O19P3/c26-12-4-3-10-6-13(21(31)42-14(10)7-12)19(30)23-5-1-2-11-8-25(22(32)24-18(11)29)20-17(28)16(27)15(41-20)9-40-46(36,37)44-47(38,39)43-45(33,34)35/h3-4,6-8,15-17,20,26-28H,5,9H2,(H,23,30)(H,36,37)(H,38,39)(H,24,29,32)(H2,33,34,35)/t15-,16-,17-,20-/m1/s1. The van der Waals surface area contributed by atoms with E-state index in [9.17, 15) is 58.0 Å². The second kappa shape index (κ2) is 13.8. The topological polar surface area (TPSA) is 344 Å². The zero-order valence-corrected chi connectivity index (χ0v) is 25.6. The number of aliphatic hydroxyl groups excluding tert-OH is 2. The maximum Gasteiger partial charge on any atom is 0.490 e. The number of benzene rings is 1. The van der Waals surface area contributed by atoms with Gasteiger partial charge in [-0.2, -0.15) is 8.62 Å². The Morgan fingerprint density at radius 1 is 1.02 bits per heavy atom. The number of phenols is 1. The average Bonchev–Trinajstić information content (AvgIpc) is 3.21. The van der Waals surface area contributed by atoms with Crippen LogP contribution in [0.3, 0.4) is 0 Å². The average molecular weight is 725 g/mol. The Kier molecular flexibility index (Phi) is 10.6. The molecule has 0 saturated carbocycles. The number of ether oxygens (including phenoxy) is 1. The lowest BCUT2D eigenvalue weighted by molar-refractivity contribution is -0.0542. The fourth-order valence-corrected chi connectivity index (χ4v) is 6.98. The molecule has 2 aromatic heterocycles. The fourth-order valence-electron chi connectivity index (χ4n) is 3.95. The number of aromatic nitrogens is 2. The molecule has 9 N–H and O–H groups in total. The predicted molar refractivity (Wildman–Crippen MR) is 150 cm³/mol. The molecule has 3 aromatic rings. The third kappa shape index (κ3) is 9.19. The first-order valence-electron chi connectivity index (χ1n) is 12.4. The molecule has 47 heavy (non-hydrogen) atoms. The van der Waals surface area contributed by atoms with Gasteiger partial charge in [-0.1, -0.05) is 11.8 Å². The van der Waals surface area contributed by atoms with Gasteiger partial charge in [-0.15, -0.1) is 0 Å². The minimum atomic E-state index is -5.84. The van der Waals surface area contributed by atoms with E-state index in [-0.39, 0.29) is 16.9 Å². The molecule has 4 rings (SSSR count). The van der Waals surface area contributed by atoms with Crippen molar-refractivity contribution in [2.24, 2.45) is 0 Å².